The number of nitrogens with zero attached hydrogens (tertiary/aromatic N) is 4. The smallest absolute Gasteiger partial charge is 0.213 e. The van der Waals surface area contributed by atoms with Crippen LogP contribution in [0, 0.1) is 6.92 Å². The van der Waals surface area contributed by atoms with E-state index in [-0.39, 0.29) is 0 Å². The predicted octanol–water partition coefficient (Wildman–Crippen LogP) is 0.108. The van der Waals surface area contributed by atoms with Crippen molar-refractivity contribution < 1.29 is 4.52 Å². The second-order valence-corrected chi connectivity index (χ2v) is 3.36. The van der Waals surface area contributed by atoms with Crippen LogP contribution in [0.25, 0.3) is 0 Å². The van der Waals surface area contributed by atoms with Gasteiger partial charge in [-0.1, -0.05) is 5.16 Å². The zero-order chi connectivity index (χ0) is 12.1. The molecule has 0 spiro atoms. The van der Waals surface area contributed by atoms with Crippen LogP contribution in [0.4, 0.5) is 11.6 Å². The van der Waals surface area contributed by atoms with E-state index in [2.05, 4.69) is 35.4 Å². The van der Waals surface area contributed by atoms with E-state index in [4.69, 9.17) is 5.84 Å². The van der Waals surface area contributed by atoms with Gasteiger partial charge in [-0.05, 0) is 6.92 Å². The molecule has 0 fully saturated rings. The van der Waals surface area contributed by atoms with Crippen LogP contribution in [-0.4, -0.2) is 26.7 Å². The van der Waals surface area contributed by atoms with Crippen molar-refractivity contribution in [2.24, 2.45) is 5.84 Å². The van der Waals surface area contributed by atoms with Gasteiger partial charge in [-0.15, -0.1) is 0 Å². The molecule has 0 bridgehead atoms. The Morgan fingerprint density at radius 1 is 1.29 bits per heavy atom. The van der Waals surface area contributed by atoms with Crippen LogP contribution in [0.3, 0.4) is 0 Å². The monoisotopic (exact) mass is 235 g/mol. The van der Waals surface area contributed by atoms with Crippen molar-refractivity contribution in [2.45, 2.75) is 13.3 Å². The van der Waals surface area contributed by atoms with Crippen LogP contribution in [0.5, 0.6) is 0 Å². The second-order valence-electron chi connectivity index (χ2n) is 3.36. The van der Waals surface area contributed by atoms with Crippen LogP contribution in [0.1, 0.15) is 11.4 Å². The topological polar surface area (TPSA) is 115 Å². The van der Waals surface area contributed by atoms with Crippen LogP contribution in [0.15, 0.2) is 17.2 Å². The second kappa shape index (κ2) is 5.21. The maximum atomic E-state index is 5.32. The van der Waals surface area contributed by atoms with Gasteiger partial charge in [-0.2, -0.15) is 4.98 Å². The highest BCUT2D eigenvalue weighted by Crippen LogP contribution is 2.16. The van der Waals surface area contributed by atoms with E-state index in [0.29, 0.717) is 24.6 Å². The van der Waals surface area contributed by atoms with E-state index in [9.17, 15) is 0 Å². The quantitative estimate of drug-likeness (QED) is 0.494. The lowest BCUT2D eigenvalue weighted by atomic mass is 10.3. The van der Waals surface area contributed by atoms with Gasteiger partial charge in [0.05, 0.1) is 0 Å². The summed E-state index contributed by atoms with van der Waals surface area (Å²) in [6, 6.07) is 0. The van der Waals surface area contributed by atoms with Crippen LogP contribution < -0.4 is 16.6 Å². The Morgan fingerprint density at radius 3 is 2.82 bits per heavy atom. The maximum Gasteiger partial charge on any atom is 0.213 e. The van der Waals surface area contributed by atoms with Gasteiger partial charge in [-0.25, -0.2) is 15.8 Å². The molecule has 0 radical (unpaired) electrons. The van der Waals surface area contributed by atoms with E-state index in [1.165, 1.54) is 12.7 Å². The van der Waals surface area contributed by atoms with Crippen LogP contribution in [-0.2, 0) is 6.42 Å². The van der Waals surface area contributed by atoms with Gasteiger partial charge in [0.1, 0.15) is 18.0 Å². The van der Waals surface area contributed by atoms with E-state index >= 15 is 0 Å². The molecule has 0 aliphatic heterocycles. The van der Waals surface area contributed by atoms with Gasteiger partial charge in [0.2, 0.25) is 6.39 Å². The fourth-order valence-corrected chi connectivity index (χ4v) is 1.37. The number of nitrogens with one attached hydrogen (secondary N) is 2. The molecule has 0 aliphatic carbocycles. The molecule has 4 N–H and O–H groups in total. The Kier molecular flexibility index (Phi) is 3.46. The Balaban J connectivity index is 1.95. The van der Waals surface area contributed by atoms with Gasteiger partial charge < -0.3 is 15.3 Å². The van der Waals surface area contributed by atoms with Crippen molar-refractivity contribution in [3.05, 3.63) is 24.1 Å². The summed E-state index contributed by atoms with van der Waals surface area (Å²) in [5.74, 6) is 7.31. The molecule has 2 aromatic rings. The standard InChI is InChI=1S/C9H13N7O/c1-6-8(12-4-13-9(6)15-10)11-3-2-7-14-5-17-16-7/h4-5H,2-3,10H2,1H3,(H2,11,12,13,15). The number of hydrogen-bond acceptors (Lipinski definition) is 8. The van der Waals surface area contributed by atoms with Crippen LogP contribution in [0.2, 0.25) is 0 Å². The average Bonchev–Trinajstić information content (AvgIpc) is 2.84. The number of anilines is 2. The van der Waals surface area contributed by atoms with Crippen molar-refractivity contribution in [3.8, 4) is 0 Å². The first-order chi connectivity index (χ1) is 8.31. The van der Waals surface area contributed by atoms with Crippen LogP contribution >= 0.6 is 0 Å². The van der Waals surface area contributed by atoms with Gasteiger partial charge >= 0.3 is 0 Å². The SMILES string of the molecule is Cc1c(NN)ncnc1NCCc1ncon1. The van der Waals surface area contributed by atoms with E-state index in [1.807, 2.05) is 6.92 Å². The average molecular weight is 235 g/mol. The first-order valence-corrected chi connectivity index (χ1v) is 5.08. The van der Waals surface area contributed by atoms with Crippen molar-refractivity contribution in [1.29, 1.82) is 0 Å². The summed E-state index contributed by atoms with van der Waals surface area (Å²) in [6.07, 6.45) is 3.41. The van der Waals surface area contributed by atoms with E-state index < -0.39 is 0 Å². The fourth-order valence-electron chi connectivity index (χ4n) is 1.37. The summed E-state index contributed by atoms with van der Waals surface area (Å²) >= 11 is 0. The Labute approximate surface area is 97.6 Å². The summed E-state index contributed by atoms with van der Waals surface area (Å²) in [6.45, 7) is 2.53. The lowest BCUT2D eigenvalue weighted by Crippen LogP contribution is -2.14. The number of hydrazine groups is 1. The number of rotatable bonds is 5. The van der Waals surface area contributed by atoms with Crippen molar-refractivity contribution >= 4 is 11.6 Å². The molecule has 8 heteroatoms. The van der Waals surface area contributed by atoms with Gasteiger partial charge in [0.15, 0.2) is 5.82 Å². The summed E-state index contributed by atoms with van der Waals surface area (Å²) in [7, 11) is 0. The molecule has 8 nitrogen and oxygen atoms in total. The number of hydrogen-bond donors (Lipinski definition) is 3. The summed E-state index contributed by atoms with van der Waals surface area (Å²) in [4.78, 5) is 12.0. The molecular weight excluding hydrogens is 222 g/mol. The molecular formula is C9H13N7O. The summed E-state index contributed by atoms with van der Waals surface area (Å²) in [5.41, 5.74) is 3.37. The maximum absolute atomic E-state index is 5.32. The normalized spacial score (nSPS) is 10.2. The Morgan fingerprint density at radius 2 is 2.12 bits per heavy atom. The molecule has 0 saturated heterocycles. The number of nitrogens with two attached hydrogens (primary N) is 1. The molecule has 0 unspecified atom stereocenters. The lowest BCUT2D eigenvalue weighted by molar-refractivity contribution is 0.410. The highest BCUT2D eigenvalue weighted by Gasteiger charge is 2.05. The molecule has 2 aromatic heterocycles. The molecule has 0 aromatic carbocycles. The third-order valence-electron chi connectivity index (χ3n) is 2.27. The minimum absolute atomic E-state index is 0.599. The highest BCUT2D eigenvalue weighted by atomic mass is 16.5. The summed E-state index contributed by atoms with van der Waals surface area (Å²) in [5, 5.41) is 6.87. The number of aromatic nitrogens is 4. The van der Waals surface area contributed by atoms with Gasteiger partial charge in [-0.3, -0.25) is 0 Å². The Bertz CT molecular complexity index is 470. The molecule has 90 valence electrons. The highest BCUT2D eigenvalue weighted by molar-refractivity contribution is 5.55. The molecule has 0 aliphatic rings. The first kappa shape index (κ1) is 11.3. The summed E-state index contributed by atoms with van der Waals surface area (Å²) < 4.78 is 4.64. The zero-order valence-corrected chi connectivity index (χ0v) is 9.34. The molecule has 2 heterocycles. The lowest BCUT2D eigenvalue weighted by Gasteiger charge is -2.09. The van der Waals surface area contributed by atoms with Gasteiger partial charge in [0, 0.05) is 18.5 Å². The molecule has 0 amide bonds. The molecule has 0 saturated carbocycles. The Hall–Kier alpha value is -2.22. The molecule has 17 heavy (non-hydrogen) atoms. The predicted molar refractivity (Wildman–Crippen MR) is 61.1 cm³/mol. The van der Waals surface area contributed by atoms with Crippen molar-refractivity contribution in [2.75, 3.05) is 17.3 Å². The minimum atomic E-state index is 0.599. The zero-order valence-electron chi connectivity index (χ0n) is 9.34. The largest absolute Gasteiger partial charge is 0.369 e. The first-order valence-electron chi connectivity index (χ1n) is 5.08. The third-order valence-corrected chi connectivity index (χ3v) is 2.27. The van der Waals surface area contributed by atoms with Crippen molar-refractivity contribution in [3.63, 3.8) is 0 Å². The van der Waals surface area contributed by atoms with E-state index in [1.54, 1.807) is 0 Å². The fraction of sp³-hybridized carbons (Fsp3) is 0.333. The minimum Gasteiger partial charge on any atom is -0.369 e. The molecule has 2 rings (SSSR count). The third kappa shape index (κ3) is 2.67. The van der Waals surface area contributed by atoms with E-state index in [0.717, 1.165) is 11.4 Å². The van der Waals surface area contributed by atoms with Crippen molar-refractivity contribution in [1.82, 2.24) is 20.1 Å². The number of nitrogen functional groups attached to an aromatic ring is 1. The van der Waals surface area contributed by atoms with Gasteiger partial charge in [0.25, 0.3) is 0 Å². The molecule has 0 atom stereocenters.